The zero-order valence-electron chi connectivity index (χ0n) is 108. The van der Waals surface area contributed by atoms with Crippen molar-refractivity contribution in [2.45, 2.75) is 262 Å². The molecular formula is C118H132BN3. The molecule has 0 atom stereocenters. The maximum absolute atomic E-state index is 12.0. The van der Waals surface area contributed by atoms with Crippen molar-refractivity contribution in [2.75, 3.05) is 9.80 Å². The molecule has 1 aromatic heterocycles. The van der Waals surface area contributed by atoms with E-state index in [4.69, 9.17) is 1.37 Å². The number of hydrogen-bond acceptors (Lipinski definition) is 2. The molecule has 2 aliphatic heterocycles. The lowest BCUT2D eigenvalue weighted by Crippen LogP contribution is -2.61. The molecule has 3 nitrogen and oxygen atoms in total. The van der Waals surface area contributed by atoms with E-state index < -0.39 is 264 Å². The van der Waals surface area contributed by atoms with Crippen molar-refractivity contribution in [3.05, 3.63) is 310 Å². The van der Waals surface area contributed by atoms with E-state index in [0.717, 1.165) is 11.1 Å². The Bertz CT molecular complexity index is 8160. The highest BCUT2D eigenvalue weighted by Gasteiger charge is 2.47. The van der Waals surface area contributed by atoms with Gasteiger partial charge in [-0.2, -0.15) is 0 Å². The summed E-state index contributed by atoms with van der Waals surface area (Å²) in [6.07, 6.45) is 0. The number of para-hydroxylation sites is 2. The Labute approximate surface area is 776 Å². The lowest BCUT2D eigenvalue weighted by molar-refractivity contribution is 0.568. The second-order valence-electron chi connectivity index (χ2n) is 43.6. The van der Waals surface area contributed by atoms with Crippen LogP contribution in [-0.2, 0) is 54.1 Å². The van der Waals surface area contributed by atoms with Crippen molar-refractivity contribution in [3.63, 3.8) is 0 Å². The van der Waals surface area contributed by atoms with Gasteiger partial charge < -0.3 is 14.4 Å². The smallest absolute Gasteiger partial charge is 0.252 e. The minimum absolute atomic E-state index is 0.00896. The van der Waals surface area contributed by atoms with Gasteiger partial charge in [0.1, 0.15) is 0 Å². The molecule has 622 valence electrons. The minimum atomic E-state index is -1.46. The third kappa shape index (κ3) is 15.5. The fraction of sp³-hybridized carbons (Fsp3) is 0.339. The van der Waals surface area contributed by atoms with Crippen molar-refractivity contribution >= 4 is 79.0 Å². The Hall–Kier alpha value is -10.7. The molecule has 13 aromatic carbocycles. The molecule has 0 aliphatic carbocycles. The Morgan fingerprint density at radius 2 is 0.607 bits per heavy atom. The molecule has 0 bridgehead atoms. The molecule has 0 saturated heterocycles. The summed E-state index contributed by atoms with van der Waals surface area (Å²) in [5, 5.41) is -0.646. The van der Waals surface area contributed by atoms with Crippen LogP contribution in [0.4, 0.5) is 34.1 Å². The lowest BCUT2D eigenvalue weighted by atomic mass is 9.33. The van der Waals surface area contributed by atoms with Crippen LogP contribution in [0.15, 0.2) is 254 Å². The van der Waals surface area contributed by atoms with Crippen LogP contribution in [0.3, 0.4) is 0 Å². The number of nitrogens with zero attached hydrogens (tertiary/aromatic N) is 3. The Kier molecular flexibility index (Phi) is 13.2. The van der Waals surface area contributed by atoms with E-state index >= 15 is 0 Å². The average molecular weight is 1630 g/mol. The molecular weight excluding hydrogens is 1470 g/mol. The Balaban J connectivity index is 1.35. The zero-order chi connectivity index (χ0) is 115. The molecule has 0 amide bonds. The molecule has 0 N–H and O–H groups in total. The Morgan fingerprint density at radius 1 is 0.246 bits per heavy atom. The molecule has 2 aliphatic rings. The highest BCUT2D eigenvalue weighted by molar-refractivity contribution is 7.00. The van der Waals surface area contributed by atoms with Gasteiger partial charge in [0.05, 0.1) is 64.9 Å². The first kappa shape index (κ1) is 54.7. The van der Waals surface area contributed by atoms with E-state index in [1.807, 2.05) is 149 Å². The average Bonchev–Trinajstić information content (AvgIpc) is 1.63. The standard InChI is InChI=1S/C118H132BN3/c1-109(2,3)80-52-47-74(48-53-80)91-68-86(115(19,20)21)70-93(79-61-84(113(13,14)15)67-85(62-79)114(16,17)18)107(91)121-101-63-76(73-39-32-31-33-40-73)51-57-97(101)119-98-58-56-88(120-99-45-36-34-41-89(99)90-42-35-37-46-100(90)120)72-102(98)122(104-65-78(64-103(121)106(104)119)77-59-82(111(7,8)9)66-83(60-77)112(10,11)12)108-92(75-49-54-81(55-50-75)110(4,5)6)69-87(116(22,23)24)71-94(108)105-95(117(25,26)27)43-38-44-96(105)118(28,29)30/h31-72H,1-30H3/i31D,32D,33D,34D,35D,36D,37D,38D,39D,40D,41D,42D,43D,44D,45D,46D,47D,48D,49D,50D,52D,53D,54D,55D,61D,62D,67D,68D,69D,70D,71D. The summed E-state index contributed by atoms with van der Waals surface area (Å²) in [5.74, 6) is 0. The Morgan fingerprint density at radius 3 is 1.03 bits per heavy atom. The molecule has 0 radical (unpaired) electrons. The summed E-state index contributed by atoms with van der Waals surface area (Å²) < 4.78 is 326. The number of hydrogen-bond donors (Lipinski definition) is 0. The van der Waals surface area contributed by atoms with Gasteiger partial charge in [-0.3, -0.25) is 0 Å². The third-order valence-electron chi connectivity index (χ3n) is 23.4. The number of anilines is 6. The van der Waals surface area contributed by atoms with Crippen LogP contribution in [0.2, 0.25) is 0 Å². The van der Waals surface area contributed by atoms with Gasteiger partial charge in [0.2, 0.25) is 0 Å². The van der Waals surface area contributed by atoms with Gasteiger partial charge in [0.15, 0.2) is 0 Å². The van der Waals surface area contributed by atoms with Gasteiger partial charge in [0, 0.05) is 61.5 Å². The van der Waals surface area contributed by atoms with Crippen LogP contribution in [-0.4, -0.2) is 11.3 Å². The van der Waals surface area contributed by atoms with Crippen LogP contribution in [0.25, 0.3) is 94.3 Å². The summed E-state index contributed by atoms with van der Waals surface area (Å²) in [6, 6.07) is 0.439. The van der Waals surface area contributed by atoms with E-state index in [9.17, 15) is 41.1 Å². The fourth-order valence-corrected chi connectivity index (χ4v) is 16.4. The summed E-state index contributed by atoms with van der Waals surface area (Å²) in [5.41, 5.74) is -13.6. The molecule has 0 spiro atoms. The number of benzene rings is 13. The summed E-state index contributed by atoms with van der Waals surface area (Å²) >= 11 is 0. The normalized spacial score (nSPS) is 17.3. The van der Waals surface area contributed by atoms with Crippen LogP contribution in [0.1, 0.15) is 306 Å². The van der Waals surface area contributed by atoms with Gasteiger partial charge >= 0.3 is 0 Å². The first-order chi connectivity index (χ1) is 69.8. The molecule has 4 heteroatoms. The largest absolute Gasteiger partial charge is 0.310 e. The minimum Gasteiger partial charge on any atom is -0.310 e. The van der Waals surface area contributed by atoms with E-state index in [2.05, 4.69) is 6.07 Å². The van der Waals surface area contributed by atoms with Crippen molar-refractivity contribution in [3.8, 4) is 72.4 Å². The molecule has 0 unspecified atom stereocenters. The number of rotatable bonds is 9. The maximum Gasteiger partial charge on any atom is 0.252 e. The van der Waals surface area contributed by atoms with E-state index in [-0.39, 0.29) is 168 Å². The van der Waals surface area contributed by atoms with Crippen LogP contribution in [0.5, 0.6) is 0 Å². The summed E-state index contributed by atoms with van der Waals surface area (Å²) in [6.45, 7) is 53.4. The molecule has 16 rings (SSSR count). The molecule has 3 heterocycles. The van der Waals surface area contributed by atoms with Gasteiger partial charge in [-0.15, -0.1) is 0 Å². The van der Waals surface area contributed by atoms with Crippen LogP contribution >= 0.6 is 0 Å². The third-order valence-corrected chi connectivity index (χ3v) is 23.4. The van der Waals surface area contributed by atoms with E-state index in [1.165, 1.54) is 4.57 Å². The van der Waals surface area contributed by atoms with Crippen molar-refractivity contribution in [1.82, 2.24) is 4.57 Å². The fourth-order valence-electron chi connectivity index (χ4n) is 16.4. The predicted octanol–water partition coefficient (Wildman–Crippen LogP) is 31.8. The van der Waals surface area contributed by atoms with Crippen molar-refractivity contribution in [1.29, 1.82) is 0 Å². The second kappa shape index (κ2) is 29.5. The van der Waals surface area contributed by atoms with Crippen molar-refractivity contribution < 1.29 is 42.5 Å². The highest BCUT2D eigenvalue weighted by atomic mass is 15.2. The quantitative estimate of drug-likeness (QED) is 0.133. The molecule has 14 aromatic rings. The molecule has 122 heavy (non-hydrogen) atoms. The van der Waals surface area contributed by atoms with E-state index in [0.29, 0.717) is 5.56 Å². The topological polar surface area (TPSA) is 11.4 Å². The number of fused-ring (bicyclic) bond motifs is 7. The van der Waals surface area contributed by atoms with Crippen LogP contribution in [0, 0.1) is 0 Å². The maximum atomic E-state index is 12.0. The zero-order valence-corrected chi connectivity index (χ0v) is 76.8. The molecule has 0 fully saturated rings. The lowest BCUT2D eigenvalue weighted by Gasteiger charge is -2.46. The van der Waals surface area contributed by atoms with Gasteiger partial charge in [-0.05, 0) is 237 Å². The van der Waals surface area contributed by atoms with Gasteiger partial charge in [0.25, 0.3) is 6.71 Å². The summed E-state index contributed by atoms with van der Waals surface area (Å²) in [7, 11) is 0. The first-order valence-electron chi connectivity index (χ1n) is 58.0. The van der Waals surface area contributed by atoms with Crippen molar-refractivity contribution in [2.24, 2.45) is 0 Å². The summed E-state index contributed by atoms with van der Waals surface area (Å²) in [4.78, 5) is 3.33. The monoisotopic (exact) mass is 1630 g/mol. The first-order valence-corrected chi connectivity index (χ1v) is 42.5. The molecule has 0 saturated carbocycles. The van der Waals surface area contributed by atoms with Gasteiger partial charge in [-0.1, -0.05) is 395 Å². The predicted molar refractivity (Wildman–Crippen MR) is 534 cm³/mol. The number of aromatic nitrogens is 1. The second-order valence-corrected chi connectivity index (χ2v) is 43.6. The van der Waals surface area contributed by atoms with Crippen LogP contribution < -0.4 is 26.2 Å². The van der Waals surface area contributed by atoms with E-state index in [1.54, 1.807) is 129 Å². The SMILES string of the molecule is [2H]c1c([2H])c([2H])c(-c2ccc3c(c2)N(c2c(-c4c([2H])c([2H])c(C(C)(C)C)c([2H])c4[2H])c([2H])c(C(C)(C)C)c([2H])c2-c2c([2H])c(C(C)(C)C)c([2H])c(C(C)(C)C)c2[2H])c2cc(-c4cc(C(C)(C)C)cc(C(C)(C)C)c4)cc4c2B3c2ccc(-n3c5c([2H])c([2H])c([2H])c([2H])c5c5c([2H])c([2H])c([2H])c([2H])c53)cc2N4c2c(-c3c([2H])c([2H])c(C(C)(C)C)c([2H])c3[2H])c([2H])c(C(C)(C)C)c([2H])c2-c2c(C(C)(C)C)c([2H])c([2H])c([2H])c2C(C)(C)C)c([2H])c1[2H]. The van der Waals surface area contributed by atoms with Gasteiger partial charge in [-0.25, -0.2) is 0 Å². The highest BCUT2D eigenvalue weighted by Crippen LogP contribution is 2.58.